The van der Waals surface area contributed by atoms with Gasteiger partial charge in [0.25, 0.3) is 0 Å². The topological polar surface area (TPSA) is 17.8 Å². The number of imidazole rings is 1. The van der Waals surface area contributed by atoms with Crippen molar-refractivity contribution in [3.8, 4) is 0 Å². The fourth-order valence-electron chi connectivity index (χ4n) is 7.46. The molecule has 0 N–H and O–H groups in total. The Morgan fingerprint density at radius 2 is 0.846 bits per heavy atom. The third-order valence-corrected chi connectivity index (χ3v) is 14.6. The Hall–Kier alpha value is -5.19. The van der Waals surface area contributed by atoms with Gasteiger partial charge in [-0.05, 0) is 51.4 Å². The highest BCUT2D eigenvalue weighted by molar-refractivity contribution is 7.10. The molecule has 0 unspecified atom stereocenters. The van der Waals surface area contributed by atoms with Crippen LogP contribution in [0.4, 0.5) is 0 Å². The first-order chi connectivity index (χ1) is 25.4. The molecule has 1 aromatic heterocycles. The van der Waals surface area contributed by atoms with Crippen LogP contribution >= 0.6 is 0 Å². The summed E-state index contributed by atoms with van der Waals surface area (Å²) in [6.45, 7) is 9.45. The first-order valence-corrected chi connectivity index (χ1v) is 21.0. The van der Waals surface area contributed by atoms with E-state index < -0.39 is 8.07 Å². The molecule has 52 heavy (non-hydrogen) atoms. The Labute approximate surface area is 313 Å². The largest absolute Gasteiger partial charge is 0.339 e. The molecule has 260 valence electrons. The van der Waals surface area contributed by atoms with Crippen LogP contribution in [0.2, 0.25) is 0 Å². The van der Waals surface area contributed by atoms with Gasteiger partial charge < -0.3 is 4.57 Å². The maximum absolute atomic E-state index is 4.37. The van der Waals surface area contributed by atoms with E-state index in [1.54, 1.807) is 0 Å². The average molecular weight is 695 g/mol. The molecule has 0 spiro atoms. The van der Waals surface area contributed by atoms with Gasteiger partial charge in [-0.25, -0.2) is 4.98 Å². The molecule has 7 aromatic rings. The van der Waals surface area contributed by atoms with Crippen molar-refractivity contribution in [1.29, 1.82) is 0 Å². The standard InChI is InChI=1S/C30H36N2Si.C18H15B/c1-24(2)20-26-10-14-29(15-11-26)33(23-32-19-18-31-22-32,28-8-6-5-7-9-28)30-16-12-27(13-17-30)21-25(3)4;1-4-10-16(11-5-1)19(17-12-6-2-7-13-17)18-14-8-3-9-15-18/h5-19,22,24-25H,20-21,23H2,1-4H3;1-15H. The van der Waals surface area contributed by atoms with Crippen molar-refractivity contribution < 1.29 is 0 Å². The number of rotatable bonds is 12. The number of hydrogen-bond donors (Lipinski definition) is 0. The summed E-state index contributed by atoms with van der Waals surface area (Å²) in [6, 6.07) is 62.2. The summed E-state index contributed by atoms with van der Waals surface area (Å²) in [5.41, 5.74) is 6.83. The Balaban J connectivity index is 0.000000206. The molecule has 2 nitrogen and oxygen atoms in total. The molecule has 0 saturated heterocycles. The number of nitrogens with zero attached hydrogens (tertiary/aromatic N) is 2. The van der Waals surface area contributed by atoms with Gasteiger partial charge in [-0.15, -0.1) is 0 Å². The zero-order valence-corrected chi connectivity index (χ0v) is 32.1. The molecule has 6 aromatic carbocycles. The average Bonchev–Trinajstić information content (AvgIpc) is 3.69. The predicted octanol–water partition coefficient (Wildman–Crippen LogP) is 7.19. The zero-order chi connectivity index (χ0) is 36.2. The Bertz CT molecular complexity index is 1880. The lowest BCUT2D eigenvalue weighted by atomic mass is 9.37. The molecule has 0 saturated carbocycles. The molecule has 0 aliphatic heterocycles. The van der Waals surface area contributed by atoms with Gasteiger partial charge in [0.1, 0.15) is 0 Å². The lowest BCUT2D eigenvalue weighted by molar-refractivity contribution is 0.647. The Morgan fingerprint density at radius 1 is 0.481 bits per heavy atom. The molecule has 0 radical (unpaired) electrons. The molecule has 0 aliphatic rings. The van der Waals surface area contributed by atoms with Gasteiger partial charge in [0, 0.05) is 18.6 Å². The van der Waals surface area contributed by atoms with E-state index in [9.17, 15) is 0 Å². The molecule has 0 atom stereocenters. The summed E-state index contributed by atoms with van der Waals surface area (Å²) in [7, 11) is -2.33. The van der Waals surface area contributed by atoms with Crippen molar-refractivity contribution in [2.24, 2.45) is 11.8 Å². The van der Waals surface area contributed by atoms with Crippen LogP contribution in [-0.4, -0.2) is 24.3 Å². The minimum atomic E-state index is -2.33. The van der Waals surface area contributed by atoms with Crippen LogP contribution in [-0.2, 0) is 19.0 Å². The van der Waals surface area contributed by atoms with Gasteiger partial charge in [-0.3, -0.25) is 0 Å². The summed E-state index contributed by atoms with van der Waals surface area (Å²) >= 11 is 0. The van der Waals surface area contributed by atoms with Gasteiger partial charge in [0.05, 0.1) is 6.33 Å². The quantitative estimate of drug-likeness (QED) is 0.0979. The van der Waals surface area contributed by atoms with Crippen LogP contribution in [0.15, 0.2) is 189 Å². The van der Waals surface area contributed by atoms with Crippen LogP contribution < -0.4 is 31.9 Å². The highest BCUT2D eigenvalue weighted by Gasteiger charge is 2.40. The van der Waals surface area contributed by atoms with Crippen LogP contribution in [0.1, 0.15) is 38.8 Å². The second-order valence-electron chi connectivity index (χ2n) is 14.8. The third kappa shape index (κ3) is 9.18. The minimum Gasteiger partial charge on any atom is -0.339 e. The SMILES string of the molecule is CC(C)Cc1ccc([Si](Cn2ccnc2)(c2ccccc2)c2ccc(CC(C)C)cc2)cc1.c1ccc(B(c2ccccc2)c2ccccc2)cc1. The summed E-state index contributed by atoms with van der Waals surface area (Å²) in [6.07, 6.45) is 9.12. The van der Waals surface area contributed by atoms with E-state index in [1.165, 1.54) is 43.1 Å². The smallest absolute Gasteiger partial charge is 0.241 e. The molecule has 0 bridgehead atoms. The summed E-state index contributed by atoms with van der Waals surface area (Å²) < 4.78 is 2.27. The second kappa shape index (κ2) is 17.8. The lowest BCUT2D eigenvalue weighted by Gasteiger charge is -2.34. The monoisotopic (exact) mass is 694 g/mol. The van der Waals surface area contributed by atoms with E-state index in [2.05, 4.69) is 213 Å². The lowest BCUT2D eigenvalue weighted by Crippen LogP contribution is -2.69. The maximum Gasteiger partial charge on any atom is 0.241 e. The van der Waals surface area contributed by atoms with Crippen LogP contribution in [0.3, 0.4) is 0 Å². The normalized spacial score (nSPS) is 11.3. The molecule has 0 fully saturated rings. The van der Waals surface area contributed by atoms with E-state index >= 15 is 0 Å². The summed E-state index contributed by atoms with van der Waals surface area (Å²) in [5.74, 6) is 1.32. The number of aromatic nitrogens is 2. The number of benzene rings is 6. The highest BCUT2D eigenvalue weighted by atomic mass is 28.3. The van der Waals surface area contributed by atoms with Crippen LogP contribution in [0.5, 0.6) is 0 Å². The molecule has 4 heteroatoms. The van der Waals surface area contributed by atoms with Gasteiger partial charge in [0.2, 0.25) is 6.71 Å². The fourth-order valence-corrected chi connectivity index (χ4v) is 12.0. The Kier molecular flexibility index (Phi) is 12.6. The molecule has 1 heterocycles. The van der Waals surface area contributed by atoms with Crippen molar-refractivity contribution in [2.45, 2.75) is 46.7 Å². The molecular formula is C48H51BN2Si. The third-order valence-electron chi connectivity index (χ3n) is 9.83. The van der Waals surface area contributed by atoms with E-state index in [0.717, 1.165) is 19.0 Å². The van der Waals surface area contributed by atoms with Crippen LogP contribution in [0.25, 0.3) is 0 Å². The van der Waals surface area contributed by atoms with Crippen molar-refractivity contribution in [3.05, 3.63) is 200 Å². The van der Waals surface area contributed by atoms with E-state index in [4.69, 9.17) is 0 Å². The van der Waals surface area contributed by atoms with Gasteiger partial charge in [0.15, 0.2) is 8.07 Å². The maximum atomic E-state index is 4.37. The zero-order valence-electron chi connectivity index (χ0n) is 31.1. The van der Waals surface area contributed by atoms with E-state index in [1.807, 2.05) is 12.5 Å². The fraction of sp³-hybridized carbons (Fsp3) is 0.188. The molecular weight excluding hydrogens is 643 g/mol. The number of hydrogen-bond acceptors (Lipinski definition) is 1. The molecule has 0 amide bonds. The first-order valence-electron chi connectivity index (χ1n) is 18.8. The highest BCUT2D eigenvalue weighted by Crippen LogP contribution is 2.15. The van der Waals surface area contributed by atoms with Gasteiger partial charge in [-0.1, -0.05) is 214 Å². The van der Waals surface area contributed by atoms with Gasteiger partial charge in [-0.2, -0.15) is 0 Å². The Morgan fingerprint density at radius 3 is 1.19 bits per heavy atom. The summed E-state index contributed by atoms with van der Waals surface area (Å²) in [4.78, 5) is 4.37. The predicted molar refractivity (Wildman–Crippen MR) is 227 cm³/mol. The van der Waals surface area contributed by atoms with Crippen LogP contribution in [0, 0.1) is 11.8 Å². The van der Waals surface area contributed by atoms with Crippen molar-refractivity contribution >= 4 is 46.7 Å². The first kappa shape index (κ1) is 36.6. The second-order valence-corrected chi connectivity index (χ2v) is 18.6. The van der Waals surface area contributed by atoms with Crippen molar-refractivity contribution in [2.75, 3.05) is 0 Å². The van der Waals surface area contributed by atoms with Gasteiger partial charge >= 0.3 is 0 Å². The molecule has 0 aliphatic carbocycles. The van der Waals surface area contributed by atoms with Crippen molar-refractivity contribution in [1.82, 2.24) is 9.55 Å². The minimum absolute atomic E-state index is 0.309. The van der Waals surface area contributed by atoms with Crippen molar-refractivity contribution in [3.63, 3.8) is 0 Å². The molecule has 7 rings (SSSR count). The van der Waals surface area contributed by atoms with E-state index in [0.29, 0.717) is 18.5 Å². The summed E-state index contributed by atoms with van der Waals surface area (Å²) in [5, 5.41) is 4.34. The van der Waals surface area contributed by atoms with E-state index in [-0.39, 0.29) is 0 Å².